The van der Waals surface area contributed by atoms with Crippen LogP contribution in [0.4, 0.5) is 10.5 Å². The Morgan fingerprint density at radius 3 is 2.66 bits per heavy atom. The van der Waals surface area contributed by atoms with Crippen molar-refractivity contribution >= 4 is 33.6 Å². The lowest BCUT2D eigenvalue weighted by atomic mass is 10.1. The van der Waals surface area contributed by atoms with Crippen LogP contribution in [0.15, 0.2) is 76.2 Å². The third-order valence-electron chi connectivity index (χ3n) is 5.36. The maximum Gasteiger partial charge on any atom is 0.338 e. The minimum absolute atomic E-state index is 0.0405. The molecular formula is C24H23N3O7S. The zero-order valence-corrected chi connectivity index (χ0v) is 19.6. The van der Waals surface area contributed by atoms with Gasteiger partial charge in [0, 0.05) is 6.04 Å². The molecule has 0 radical (unpaired) electrons. The molecule has 0 spiro atoms. The highest BCUT2D eigenvalue weighted by Gasteiger charge is 2.36. The Bertz CT molecular complexity index is 1350. The van der Waals surface area contributed by atoms with Gasteiger partial charge in [0.25, 0.3) is 15.9 Å². The first-order valence-corrected chi connectivity index (χ1v) is 12.2. The van der Waals surface area contributed by atoms with Gasteiger partial charge < -0.3 is 14.5 Å². The van der Waals surface area contributed by atoms with E-state index in [4.69, 9.17) is 9.15 Å². The van der Waals surface area contributed by atoms with Crippen molar-refractivity contribution in [2.45, 2.75) is 30.8 Å². The number of hydrogen-bond acceptors (Lipinski definition) is 7. The lowest BCUT2D eigenvalue weighted by Crippen LogP contribution is -2.41. The minimum Gasteiger partial charge on any atom is -0.467 e. The largest absolute Gasteiger partial charge is 0.467 e. The van der Waals surface area contributed by atoms with Crippen LogP contribution in [0, 0.1) is 0 Å². The van der Waals surface area contributed by atoms with E-state index < -0.39 is 34.5 Å². The van der Waals surface area contributed by atoms with Crippen molar-refractivity contribution in [1.82, 2.24) is 10.6 Å². The molecule has 3 aromatic rings. The normalized spacial score (nSPS) is 14.8. The Labute approximate surface area is 201 Å². The van der Waals surface area contributed by atoms with Crippen LogP contribution in [0.1, 0.15) is 28.6 Å². The first-order valence-electron chi connectivity index (χ1n) is 10.8. The van der Waals surface area contributed by atoms with Gasteiger partial charge in [-0.25, -0.2) is 18.0 Å². The summed E-state index contributed by atoms with van der Waals surface area (Å²) in [5.74, 6) is -1.25. The fourth-order valence-corrected chi connectivity index (χ4v) is 5.54. The van der Waals surface area contributed by atoms with Gasteiger partial charge in [0.1, 0.15) is 5.76 Å². The van der Waals surface area contributed by atoms with Crippen LogP contribution < -0.4 is 14.9 Å². The molecule has 2 aromatic carbocycles. The van der Waals surface area contributed by atoms with E-state index in [0.717, 1.165) is 5.56 Å². The van der Waals surface area contributed by atoms with E-state index in [1.807, 2.05) is 24.4 Å². The summed E-state index contributed by atoms with van der Waals surface area (Å²) in [5, 5.41) is 4.45. The summed E-state index contributed by atoms with van der Waals surface area (Å²) >= 11 is 0. The summed E-state index contributed by atoms with van der Waals surface area (Å²) in [6.45, 7) is 1.17. The van der Waals surface area contributed by atoms with Crippen molar-refractivity contribution in [3.05, 3.63) is 83.8 Å². The number of carbonyl (C=O) groups excluding carboxylic acids is 3. The van der Waals surface area contributed by atoms with Crippen molar-refractivity contribution in [2.75, 3.05) is 10.9 Å². The van der Waals surface area contributed by atoms with Crippen molar-refractivity contribution in [1.29, 1.82) is 0 Å². The number of fused-ring (bicyclic) bond motifs is 1. The molecule has 2 N–H and O–H groups in total. The maximum atomic E-state index is 13.4. The molecule has 1 aliphatic rings. The van der Waals surface area contributed by atoms with E-state index in [2.05, 4.69) is 5.32 Å². The Kier molecular flexibility index (Phi) is 6.87. The second kappa shape index (κ2) is 10.0. The summed E-state index contributed by atoms with van der Waals surface area (Å²) in [4.78, 5) is 36.1. The smallest absolute Gasteiger partial charge is 0.338 e. The molecule has 0 fully saturated rings. The molecule has 0 saturated carbocycles. The second-order valence-electron chi connectivity index (χ2n) is 7.90. The summed E-state index contributed by atoms with van der Waals surface area (Å²) in [5.41, 5.74) is 1.50. The van der Waals surface area contributed by atoms with E-state index in [9.17, 15) is 22.8 Å². The van der Waals surface area contributed by atoms with Gasteiger partial charge in [0.2, 0.25) is 0 Å². The van der Waals surface area contributed by atoms with Crippen LogP contribution in [0.3, 0.4) is 0 Å². The Morgan fingerprint density at radius 1 is 1.09 bits per heavy atom. The molecule has 0 aliphatic carbocycles. The fourth-order valence-electron chi connectivity index (χ4n) is 3.80. The Balaban J connectivity index is 1.37. The van der Waals surface area contributed by atoms with Crippen LogP contribution in [0.2, 0.25) is 0 Å². The number of esters is 1. The van der Waals surface area contributed by atoms with E-state index in [-0.39, 0.29) is 23.0 Å². The number of nitrogens with zero attached hydrogens (tertiary/aromatic N) is 1. The standard InChI is InChI=1S/C24H23N3O7S/c1-16-12-17-6-2-3-10-21(17)27(16)35(31,32)20-9-4-7-18(13-20)23(29)34-15-22(28)26-24(30)25-14-19-8-5-11-33-19/h2-11,13,16H,12,14-15H2,1H3,(H2,25,26,28,30)/t16-/m1/s1. The number of carbonyl (C=O) groups is 3. The number of urea groups is 1. The molecule has 3 amide bonds. The summed E-state index contributed by atoms with van der Waals surface area (Å²) < 4.78 is 38.1. The molecule has 1 aliphatic heterocycles. The highest BCUT2D eigenvalue weighted by atomic mass is 32.2. The van der Waals surface area contributed by atoms with E-state index in [0.29, 0.717) is 17.9 Å². The molecule has 1 aromatic heterocycles. The van der Waals surface area contributed by atoms with Gasteiger partial charge in [0.05, 0.1) is 29.0 Å². The van der Waals surface area contributed by atoms with Gasteiger partial charge in [-0.1, -0.05) is 24.3 Å². The maximum absolute atomic E-state index is 13.4. The molecule has 182 valence electrons. The van der Waals surface area contributed by atoms with Crippen molar-refractivity contribution in [3.8, 4) is 0 Å². The Hall–Kier alpha value is -4.12. The fraction of sp³-hybridized carbons (Fsp3) is 0.208. The number of imide groups is 1. The highest BCUT2D eigenvalue weighted by Crippen LogP contribution is 2.36. The number of furan rings is 1. The second-order valence-corrected chi connectivity index (χ2v) is 9.71. The van der Waals surface area contributed by atoms with E-state index in [1.165, 1.54) is 34.8 Å². The molecule has 10 nitrogen and oxygen atoms in total. The van der Waals surface area contributed by atoms with Crippen LogP contribution >= 0.6 is 0 Å². The first kappa shape index (κ1) is 24.0. The van der Waals surface area contributed by atoms with Crippen molar-refractivity contribution in [2.24, 2.45) is 0 Å². The number of anilines is 1. The number of rotatable bonds is 7. The molecule has 2 heterocycles. The number of nitrogens with one attached hydrogen (secondary N) is 2. The quantitative estimate of drug-likeness (QED) is 0.479. The number of sulfonamides is 1. The van der Waals surface area contributed by atoms with Crippen LogP contribution in [-0.4, -0.2) is 39.0 Å². The van der Waals surface area contributed by atoms with Crippen molar-refractivity contribution < 1.29 is 32.0 Å². The predicted molar refractivity (Wildman–Crippen MR) is 125 cm³/mol. The van der Waals surface area contributed by atoms with Crippen LogP contribution in [-0.2, 0) is 32.5 Å². The molecule has 0 unspecified atom stereocenters. The molecule has 1 atom stereocenters. The predicted octanol–water partition coefficient (Wildman–Crippen LogP) is 2.60. The number of ether oxygens (including phenoxy) is 1. The third kappa shape index (κ3) is 5.35. The first-order chi connectivity index (χ1) is 16.8. The number of amides is 3. The summed E-state index contributed by atoms with van der Waals surface area (Å²) in [7, 11) is -3.94. The lowest BCUT2D eigenvalue weighted by molar-refractivity contribution is -0.123. The lowest BCUT2D eigenvalue weighted by Gasteiger charge is -2.24. The minimum atomic E-state index is -3.94. The van der Waals surface area contributed by atoms with E-state index in [1.54, 1.807) is 24.3 Å². The SMILES string of the molecule is C[C@@H]1Cc2ccccc2N1S(=O)(=O)c1cccc(C(=O)OCC(=O)NC(=O)NCc2ccco2)c1. The average molecular weight is 498 g/mol. The monoisotopic (exact) mass is 497 g/mol. The number of hydrogen-bond donors (Lipinski definition) is 2. The third-order valence-corrected chi connectivity index (χ3v) is 7.29. The molecule has 11 heteroatoms. The molecule has 35 heavy (non-hydrogen) atoms. The zero-order chi connectivity index (χ0) is 25.0. The average Bonchev–Trinajstić information content (AvgIpc) is 3.48. The van der Waals surface area contributed by atoms with Crippen LogP contribution in [0.5, 0.6) is 0 Å². The van der Waals surface area contributed by atoms with Gasteiger partial charge in [-0.15, -0.1) is 0 Å². The molecule has 0 bridgehead atoms. The highest BCUT2D eigenvalue weighted by molar-refractivity contribution is 7.92. The Morgan fingerprint density at radius 2 is 1.89 bits per heavy atom. The van der Waals surface area contributed by atoms with Gasteiger partial charge >= 0.3 is 12.0 Å². The molecular weight excluding hydrogens is 474 g/mol. The van der Waals surface area contributed by atoms with Crippen LogP contribution in [0.25, 0.3) is 0 Å². The van der Waals surface area contributed by atoms with Gasteiger partial charge in [-0.05, 0) is 55.3 Å². The summed E-state index contributed by atoms with van der Waals surface area (Å²) in [6.07, 6.45) is 2.03. The molecule has 0 saturated heterocycles. The topological polar surface area (TPSA) is 135 Å². The van der Waals surface area contributed by atoms with Gasteiger partial charge in [0.15, 0.2) is 6.61 Å². The van der Waals surface area contributed by atoms with E-state index >= 15 is 0 Å². The van der Waals surface area contributed by atoms with Gasteiger partial charge in [-0.2, -0.15) is 0 Å². The number of benzene rings is 2. The molecule has 4 rings (SSSR count). The number of para-hydroxylation sites is 1. The summed E-state index contributed by atoms with van der Waals surface area (Å²) in [6, 6.07) is 14.9. The van der Waals surface area contributed by atoms with Gasteiger partial charge in [-0.3, -0.25) is 14.4 Å². The van der Waals surface area contributed by atoms with Crippen molar-refractivity contribution in [3.63, 3.8) is 0 Å². The zero-order valence-electron chi connectivity index (χ0n) is 18.8.